The standard InChI is InChI=1S/C45H38N2O2/c1-2-13-44(48)46(35-17-7-4-8-18-35)43-30-36(47(42-21-12-11-20-41(42)43)45(49)33-15-5-3-6-16-33)29-31-22-25-38-34(28-31)24-27-39-37-19-10-9-14-32(37)23-26-40(38)39/h3-12,14-28,36,43H,2,13,29-30H2,1H3. The van der Waals surface area contributed by atoms with Crippen LogP contribution in [-0.2, 0) is 11.2 Å². The summed E-state index contributed by atoms with van der Waals surface area (Å²) < 4.78 is 0. The molecule has 2 amide bonds. The summed E-state index contributed by atoms with van der Waals surface area (Å²) in [5.74, 6) is 0.0708. The molecule has 7 aromatic rings. The zero-order valence-corrected chi connectivity index (χ0v) is 27.6. The van der Waals surface area contributed by atoms with Crippen LogP contribution in [0.2, 0.25) is 0 Å². The van der Waals surface area contributed by atoms with Gasteiger partial charge in [-0.25, -0.2) is 0 Å². The van der Waals surface area contributed by atoms with E-state index in [0.29, 0.717) is 24.8 Å². The van der Waals surface area contributed by atoms with Gasteiger partial charge >= 0.3 is 0 Å². The summed E-state index contributed by atoms with van der Waals surface area (Å²) in [5, 5.41) is 7.39. The van der Waals surface area contributed by atoms with Crippen LogP contribution in [0.4, 0.5) is 11.4 Å². The van der Waals surface area contributed by atoms with Crippen molar-refractivity contribution in [2.45, 2.75) is 44.7 Å². The first-order valence-electron chi connectivity index (χ1n) is 17.3. The van der Waals surface area contributed by atoms with E-state index in [1.165, 1.54) is 32.3 Å². The predicted octanol–water partition coefficient (Wildman–Crippen LogP) is 10.7. The molecule has 0 fully saturated rings. The first kappa shape index (κ1) is 30.6. The van der Waals surface area contributed by atoms with Crippen LogP contribution in [0.3, 0.4) is 0 Å². The van der Waals surface area contributed by atoms with Gasteiger partial charge in [0.25, 0.3) is 5.91 Å². The summed E-state index contributed by atoms with van der Waals surface area (Å²) >= 11 is 0. The van der Waals surface area contributed by atoms with Crippen molar-refractivity contribution >= 4 is 55.5 Å². The molecule has 0 radical (unpaired) electrons. The molecule has 0 spiro atoms. The lowest BCUT2D eigenvalue weighted by atomic mass is 9.85. The Morgan fingerprint density at radius 3 is 2.06 bits per heavy atom. The van der Waals surface area contributed by atoms with Crippen molar-refractivity contribution < 1.29 is 9.59 Å². The molecule has 1 aliphatic heterocycles. The van der Waals surface area contributed by atoms with Crippen molar-refractivity contribution in [2.75, 3.05) is 9.80 Å². The maximum Gasteiger partial charge on any atom is 0.258 e. The van der Waals surface area contributed by atoms with Crippen LogP contribution in [0.5, 0.6) is 0 Å². The summed E-state index contributed by atoms with van der Waals surface area (Å²) in [7, 11) is 0. The van der Waals surface area contributed by atoms with Gasteiger partial charge in [-0.15, -0.1) is 0 Å². The van der Waals surface area contributed by atoms with E-state index in [-0.39, 0.29) is 23.9 Å². The number of fused-ring (bicyclic) bond motifs is 6. The summed E-state index contributed by atoms with van der Waals surface area (Å²) in [6.07, 6.45) is 2.49. The van der Waals surface area contributed by atoms with E-state index in [0.717, 1.165) is 28.9 Å². The van der Waals surface area contributed by atoms with Crippen molar-refractivity contribution in [2.24, 2.45) is 0 Å². The number of carbonyl (C=O) groups excluding carboxylic acids is 2. The van der Waals surface area contributed by atoms with Crippen LogP contribution in [-0.4, -0.2) is 17.9 Å². The van der Waals surface area contributed by atoms with Gasteiger partial charge in [0.2, 0.25) is 5.91 Å². The largest absolute Gasteiger partial charge is 0.305 e. The Kier molecular flexibility index (Phi) is 8.14. The van der Waals surface area contributed by atoms with Crippen molar-refractivity contribution in [3.63, 3.8) is 0 Å². The molecule has 2 atom stereocenters. The number of hydrogen-bond donors (Lipinski definition) is 0. The first-order chi connectivity index (χ1) is 24.1. The quantitative estimate of drug-likeness (QED) is 0.163. The molecule has 4 nitrogen and oxygen atoms in total. The third-order valence-electron chi connectivity index (χ3n) is 10.0. The Balaban J connectivity index is 1.24. The van der Waals surface area contributed by atoms with Gasteiger partial charge in [0, 0.05) is 29.4 Å². The van der Waals surface area contributed by atoms with E-state index in [9.17, 15) is 9.59 Å². The summed E-state index contributed by atoms with van der Waals surface area (Å²) in [6, 6.07) is 51.4. The Morgan fingerprint density at radius 1 is 0.653 bits per heavy atom. The van der Waals surface area contributed by atoms with Crippen molar-refractivity contribution in [1.82, 2.24) is 0 Å². The molecule has 7 aromatic carbocycles. The SMILES string of the molecule is CCCC(=O)N(c1ccccc1)C1CC(Cc2ccc3c(ccc4c5ccccc5ccc34)c2)N(C(=O)c2ccccc2)c2ccccc21. The van der Waals surface area contributed by atoms with Crippen LogP contribution in [0.25, 0.3) is 32.3 Å². The van der Waals surface area contributed by atoms with Crippen LogP contribution < -0.4 is 9.80 Å². The smallest absolute Gasteiger partial charge is 0.258 e. The zero-order valence-electron chi connectivity index (χ0n) is 27.6. The fourth-order valence-electron chi connectivity index (χ4n) is 7.79. The highest BCUT2D eigenvalue weighted by atomic mass is 16.2. The lowest BCUT2D eigenvalue weighted by molar-refractivity contribution is -0.119. The summed E-state index contributed by atoms with van der Waals surface area (Å²) in [6.45, 7) is 2.05. The van der Waals surface area contributed by atoms with Crippen LogP contribution in [0.1, 0.15) is 53.7 Å². The van der Waals surface area contributed by atoms with E-state index in [2.05, 4.69) is 72.8 Å². The molecule has 240 valence electrons. The fourth-order valence-corrected chi connectivity index (χ4v) is 7.79. The van der Waals surface area contributed by atoms with Gasteiger partial charge in [-0.1, -0.05) is 128 Å². The van der Waals surface area contributed by atoms with Gasteiger partial charge in [0.05, 0.1) is 6.04 Å². The van der Waals surface area contributed by atoms with Crippen molar-refractivity contribution in [3.8, 4) is 0 Å². The molecule has 4 heteroatoms. The van der Waals surface area contributed by atoms with E-state index in [1.54, 1.807) is 0 Å². The highest BCUT2D eigenvalue weighted by Crippen LogP contribution is 2.44. The third kappa shape index (κ3) is 5.63. The molecular formula is C45H38N2O2. The average Bonchev–Trinajstić information content (AvgIpc) is 3.15. The lowest BCUT2D eigenvalue weighted by Crippen LogP contribution is -2.50. The van der Waals surface area contributed by atoms with E-state index in [1.807, 2.05) is 95.6 Å². The molecular weight excluding hydrogens is 601 g/mol. The van der Waals surface area contributed by atoms with Gasteiger partial charge in [0.1, 0.15) is 0 Å². The van der Waals surface area contributed by atoms with E-state index < -0.39 is 0 Å². The molecule has 8 rings (SSSR count). The Morgan fingerprint density at radius 2 is 1.29 bits per heavy atom. The van der Waals surface area contributed by atoms with E-state index in [4.69, 9.17) is 0 Å². The molecule has 0 aromatic heterocycles. The minimum absolute atomic E-state index is 0.0266. The molecule has 49 heavy (non-hydrogen) atoms. The van der Waals surface area contributed by atoms with Gasteiger partial charge in [-0.05, 0) is 93.0 Å². The maximum absolute atomic E-state index is 14.5. The van der Waals surface area contributed by atoms with Crippen LogP contribution >= 0.6 is 0 Å². The van der Waals surface area contributed by atoms with Gasteiger partial charge in [-0.2, -0.15) is 0 Å². The minimum Gasteiger partial charge on any atom is -0.305 e. The van der Waals surface area contributed by atoms with E-state index >= 15 is 0 Å². The lowest BCUT2D eigenvalue weighted by Gasteiger charge is -2.45. The molecule has 0 saturated heterocycles. The normalized spacial score (nSPS) is 15.7. The van der Waals surface area contributed by atoms with Crippen LogP contribution in [0.15, 0.2) is 152 Å². The number of benzene rings is 7. The number of rotatable bonds is 7. The predicted molar refractivity (Wildman–Crippen MR) is 202 cm³/mol. The number of carbonyl (C=O) groups is 2. The van der Waals surface area contributed by atoms with Crippen molar-refractivity contribution in [1.29, 1.82) is 0 Å². The molecule has 0 saturated carbocycles. The minimum atomic E-state index is -0.222. The number of anilines is 2. The topological polar surface area (TPSA) is 40.6 Å². The maximum atomic E-state index is 14.5. The highest BCUT2D eigenvalue weighted by molar-refractivity contribution is 6.17. The van der Waals surface area contributed by atoms with Gasteiger partial charge < -0.3 is 9.80 Å². The monoisotopic (exact) mass is 638 g/mol. The molecule has 0 aliphatic carbocycles. The van der Waals surface area contributed by atoms with Crippen molar-refractivity contribution in [3.05, 3.63) is 168 Å². The first-order valence-corrected chi connectivity index (χ1v) is 17.3. The molecule has 1 heterocycles. The molecule has 0 bridgehead atoms. The fraction of sp³-hybridized carbons (Fsp3) is 0.156. The molecule has 1 aliphatic rings. The second-order valence-electron chi connectivity index (χ2n) is 13.1. The summed E-state index contributed by atoms with van der Waals surface area (Å²) in [4.78, 5) is 32.4. The molecule has 0 N–H and O–H groups in total. The third-order valence-corrected chi connectivity index (χ3v) is 10.0. The van der Waals surface area contributed by atoms with Gasteiger partial charge in [0.15, 0.2) is 0 Å². The number of para-hydroxylation sites is 2. The number of nitrogens with zero attached hydrogens (tertiary/aromatic N) is 2. The Hall–Kier alpha value is -5.74. The van der Waals surface area contributed by atoms with Gasteiger partial charge in [-0.3, -0.25) is 9.59 Å². The zero-order chi connectivity index (χ0) is 33.3. The highest BCUT2D eigenvalue weighted by Gasteiger charge is 2.40. The average molecular weight is 639 g/mol. The second kappa shape index (κ2) is 13.0. The second-order valence-corrected chi connectivity index (χ2v) is 13.1. The Labute approximate surface area is 287 Å². The number of hydrogen-bond acceptors (Lipinski definition) is 2. The Bertz CT molecular complexity index is 2310. The molecule has 2 unspecified atom stereocenters. The number of amides is 2. The van der Waals surface area contributed by atoms with Crippen LogP contribution in [0, 0.1) is 0 Å². The summed E-state index contributed by atoms with van der Waals surface area (Å²) in [5.41, 5.74) is 4.55.